The molecule has 136 valence electrons. The Labute approximate surface area is 154 Å². The van der Waals surface area contributed by atoms with Gasteiger partial charge in [-0.25, -0.2) is 19.3 Å². The van der Waals surface area contributed by atoms with Crippen molar-refractivity contribution in [2.45, 2.75) is 6.92 Å². The van der Waals surface area contributed by atoms with E-state index in [9.17, 15) is 4.39 Å². The lowest BCUT2D eigenvalue weighted by molar-refractivity contribution is 0.311. The number of aryl methyl sites for hydroxylation is 1. The average molecular weight is 364 g/mol. The Morgan fingerprint density at radius 2 is 1.96 bits per heavy atom. The molecule has 7 nitrogen and oxygen atoms in total. The third-order valence-corrected chi connectivity index (χ3v) is 4.11. The minimum atomic E-state index is -0.346. The standard InChI is InChI=1S/C19H17FN6O/c1-12-2-3-16(14(20)8-12)26-17-11-21-5-4-15(17)25-18(26)13-9-23-19(24-10-13)22-6-7-27/h2-5,8-11,27H,6-7H2,1H3,(H,22,23,24). The van der Waals surface area contributed by atoms with Crippen molar-refractivity contribution in [3.8, 4) is 17.1 Å². The molecule has 0 aliphatic rings. The number of aromatic nitrogens is 5. The highest BCUT2D eigenvalue weighted by atomic mass is 19.1. The van der Waals surface area contributed by atoms with Gasteiger partial charge in [0.15, 0.2) is 0 Å². The molecule has 3 aromatic heterocycles. The Morgan fingerprint density at radius 3 is 2.70 bits per heavy atom. The zero-order valence-electron chi connectivity index (χ0n) is 14.6. The summed E-state index contributed by atoms with van der Waals surface area (Å²) in [5, 5.41) is 11.8. The van der Waals surface area contributed by atoms with Crippen LogP contribution in [0.25, 0.3) is 28.1 Å². The number of hydrogen-bond acceptors (Lipinski definition) is 6. The minimum Gasteiger partial charge on any atom is -0.395 e. The van der Waals surface area contributed by atoms with Crippen molar-refractivity contribution >= 4 is 17.0 Å². The zero-order valence-corrected chi connectivity index (χ0v) is 14.6. The minimum absolute atomic E-state index is 0.0133. The van der Waals surface area contributed by atoms with Gasteiger partial charge in [0.25, 0.3) is 0 Å². The average Bonchev–Trinajstić information content (AvgIpc) is 3.06. The number of halogens is 1. The lowest BCUT2D eigenvalue weighted by Gasteiger charge is -2.11. The fraction of sp³-hybridized carbons (Fsp3) is 0.158. The molecule has 0 fully saturated rings. The summed E-state index contributed by atoms with van der Waals surface area (Å²) in [5.41, 5.74) is 3.25. The number of fused-ring (bicyclic) bond motifs is 1. The molecule has 2 N–H and O–H groups in total. The molecule has 0 atom stereocenters. The van der Waals surface area contributed by atoms with Gasteiger partial charge < -0.3 is 10.4 Å². The first-order chi connectivity index (χ1) is 13.2. The van der Waals surface area contributed by atoms with Gasteiger partial charge in [-0.05, 0) is 30.7 Å². The van der Waals surface area contributed by atoms with E-state index >= 15 is 0 Å². The highest BCUT2D eigenvalue weighted by molar-refractivity contribution is 5.82. The van der Waals surface area contributed by atoms with Gasteiger partial charge in [-0.2, -0.15) is 0 Å². The molecule has 0 saturated heterocycles. The maximum absolute atomic E-state index is 14.7. The molecular formula is C19H17FN6O. The quantitative estimate of drug-likeness (QED) is 0.566. The molecule has 8 heteroatoms. The number of nitrogens with one attached hydrogen (secondary N) is 1. The van der Waals surface area contributed by atoms with E-state index in [1.54, 1.807) is 41.5 Å². The van der Waals surface area contributed by atoms with Gasteiger partial charge in [-0.1, -0.05) is 6.07 Å². The van der Waals surface area contributed by atoms with Crippen LogP contribution in [0, 0.1) is 12.7 Å². The summed E-state index contributed by atoms with van der Waals surface area (Å²) in [6, 6.07) is 6.84. The van der Waals surface area contributed by atoms with E-state index in [4.69, 9.17) is 5.11 Å². The van der Waals surface area contributed by atoms with E-state index in [-0.39, 0.29) is 12.4 Å². The number of pyridine rings is 1. The molecule has 0 unspecified atom stereocenters. The predicted molar refractivity (Wildman–Crippen MR) is 100 cm³/mol. The van der Waals surface area contributed by atoms with Crippen LogP contribution in [0.2, 0.25) is 0 Å². The summed E-state index contributed by atoms with van der Waals surface area (Å²) in [4.78, 5) is 17.3. The van der Waals surface area contributed by atoms with Gasteiger partial charge in [0.05, 0.1) is 35.1 Å². The third-order valence-electron chi connectivity index (χ3n) is 4.11. The maximum Gasteiger partial charge on any atom is 0.222 e. The number of aliphatic hydroxyl groups excluding tert-OH is 1. The van der Waals surface area contributed by atoms with Crippen LogP contribution in [0.5, 0.6) is 0 Å². The molecule has 27 heavy (non-hydrogen) atoms. The van der Waals surface area contributed by atoms with Gasteiger partial charge in [0.2, 0.25) is 5.95 Å². The van der Waals surface area contributed by atoms with Crippen LogP contribution in [0.4, 0.5) is 10.3 Å². The van der Waals surface area contributed by atoms with Crippen LogP contribution in [0.3, 0.4) is 0 Å². The van der Waals surface area contributed by atoms with Crippen molar-refractivity contribution in [3.05, 3.63) is 60.4 Å². The number of aliphatic hydroxyl groups is 1. The van der Waals surface area contributed by atoms with E-state index < -0.39 is 0 Å². The highest BCUT2D eigenvalue weighted by Crippen LogP contribution is 2.29. The second-order valence-corrected chi connectivity index (χ2v) is 6.04. The number of hydrogen-bond donors (Lipinski definition) is 2. The highest BCUT2D eigenvalue weighted by Gasteiger charge is 2.17. The monoisotopic (exact) mass is 364 g/mol. The maximum atomic E-state index is 14.7. The van der Waals surface area contributed by atoms with E-state index in [0.29, 0.717) is 40.6 Å². The molecular weight excluding hydrogens is 347 g/mol. The summed E-state index contributed by atoms with van der Waals surface area (Å²) in [5.74, 6) is 0.578. The molecule has 0 saturated carbocycles. The number of nitrogens with zero attached hydrogens (tertiary/aromatic N) is 5. The second-order valence-electron chi connectivity index (χ2n) is 6.04. The van der Waals surface area contributed by atoms with Crippen LogP contribution in [0.1, 0.15) is 5.56 Å². The molecule has 0 spiro atoms. The van der Waals surface area contributed by atoms with E-state index in [1.165, 1.54) is 6.07 Å². The molecule has 4 aromatic rings. The van der Waals surface area contributed by atoms with Gasteiger partial charge in [0, 0.05) is 25.1 Å². The molecule has 0 radical (unpaired) electrons. The van der Waals surface area contributed by atoms with Crippen LogP contribution < -0.4 is 5.32 Å². The summed E-state index contributed by atoms with van der Waals surface area (Å²) in [6.07, 6.45) is 6.53. The van der Waals surface area contributed by atoms with E-state index in [1.807, 2.05) is 13.0 Å². The molecule has 3 heterocycles. The first-order valence-corrected chi connectivity index (χ1v) is 8.43. The Bertz CT molecular complexity index is 1090. The lowest BCUT2D eigenvalue weighted by atomic mass is 10.2. The van der Waals surface area contributed by atoms with Gasteiger partial charge in [-0.3, -0.25) is 9.55 Å². The molecule has 0 bridgehead atoms. The third kappa shape index (κ3) is 3.22. The van der Waals surface area contributed by atoms with Crippen molar-refractivity contribution in [2.24, 2.45) is 0 Å². The van der Waals surface area contributed by atoms with Gasteiger partial charge in [0.1, 0.15) is 11.6 Å². The van der Waals surface area contributed by atoms with E-state index in [2.05, 4.69) is 25.3 Å². The number of imidazole rings is 1. The molecule has 0 aliphatic heterocycles. The lowest BCUT2D eigenvalue weighted by Crippen LogP contribution is -2.08. The summed E-state index contributed by atoms with van der Waals surface area (Å²) in [7, 11) is 0. The first-order valence-electron chi connectivity index (χ1n) is 8.43. The number of benzene rings is 1. The number of anilines is 1. The fourth-order valence-corrected chi connectivity index (χ4v) is 2.86. The van der Waals surface area contributed by atoms with Gasteiger partial charge >= 0.3 is 0 Å². The smallest absolute Gasteiger partial charge is 0.222 e. The largest absolute Gasteiger partial charge is 0.395 e. The SMILES string of the molecule is Cc1ccc(-n2c(-c3cnc(NCCO)nc3)nc3ccncc32)c(F)c1. The van der Waals surface area contributed by atoms with Gasteiger partial charge in [-0.15, -0.1) is 0 Å². The van der Waals surface area contributed by atoms with Crippen molar-refractivity contribution in [2.75, 3.05) is 18.5 Å². The van der Waals surface area contributed by atoms with Crippen LogP contribution in [-0.2, 0) is 0 Å². The topological polar surface area (TPSA) is 88.8 Å². The van der Waals surface area contributed by atoms with Crippen molar-refractivity contribution in [1.82, 2.24) is 24.5 Å². The molecule has 0 aliphatic carbocycles. The molecule has 0 amide bonds. The summed E-state index contributed by atoms with van der Waals surface area (Å²) >= 11 is 0. The van der Waals surface area contributed by atoms with Crippen LogP contribution in [-0.4, -0.2) is 42.8 Å². The first kappa shape index (κ1) is 17.0. The fourth-order valence-electron chi connectivity index (χ4n) is 2.86. The van der Waals surface area contributed by atoms with Crippen LogP contribution >= 0.6 is 0 Å². The zero-order chi connectivity index (χ0) is 18.8. The molecule has 1 aromatic carbocycles. The predicted octanol–water partition coefficient (Wildman–Crippen LogP) is 2.73. The summed E-state index contributed by atoms with van der Waals surface area (Å²) < 4.78 is 16.4. The Kier molecular flexibility index (Phi) is 4.47. The normalized spacial score (nSPS) is 11.1. The Hall–Kier alpha value is -3.39. The Balaban J connectivity index is 1.88. The van der Waals surface area contributed by atoms with Crippen molar-refractivity contribution in [1.29, 1.82) is 0 Å². The second kappa shape index (κ2) is 7.08. The van der Waals surface area contributed by atoms with Crippen LogP contribution in [0.15, 0.2) is 49.1 Å². The Morgan fingerprint density at radius 1 is 1.15 bits per heavy atom. The van der Waals surface area contributed by atoms with Crippen molar-refractivity contribution < 1.29 is 9.50 Å². The molecule has 4 rings (SSSR count). The number of rotatable bonds is 5. The summed E-state index contributed by atoms with van der Waals surface area (Å²) in [6.45, 7) is 2.19. The van der Waals surface area contributed by atoms with Crippen molar-refractivity contribution in [3.63, 3.8) is 0 Å². The van der Waals surface area contributed by atoms with E-state index in [0.717, 1.165) is 5.56 Å².